The van der Waals surface area contributed by atoms with Gasteiger partial charge in [-0.2, -0.15) is 0 Å². The first kappa shape index (κ1) is 20.6. The Morgan fingerprint density at radius 2 is 1.82 bits per heavy atom. The average Bonchev–Trinajstić information content (AvgIpc) is 3.38. The van der Waals surface area contributed by atoms with Crippen molar-refractivity contribution in [2.75, 3.05) is 44.6 Å². The van der Waals surface area contributed by atoms with Crippen LogP contribution in [-0.4, -0.2) is 51.1 Å². The molecule has 0 atom stereocenters. The molecule has 0 aromatic heterocycles. The summed E-state index contributed by atoms with van der Waals surface area (Å²) in [5.74, 6) is 0.630. The molecule has 0 bridgehead atoms. The third kappa shape index (κ3) is 5.25. The smallest absolute Gasteiger partial charge is 0.227 e. The highest BCUT2D eigenvalue weighted by Gasteiger charge is 2.33. The molecule has 0 aliphatic heterocycles. The number of hydrogen-bond donors (Lipinski definition) is 1. The predicted molar refractivity (Wildman–Crippen MR) is 111 cm³/mol. The minimum Gasteiger partial charge on any atom is -0.383 e. The lowest BCUT2D eigenvalue weighted by atomic mass is 10.1. The van der Waals surface area contributed by atoms with Gasteiger partial charge in [0.1, 0.15) is 0 Å². The van der Waals surface area contributed by atoms with Gasteiger partial charge in [-0.15, -0.1) is 0 Å². The zero-order valence-electron chi connectivity index (χ0n) is 17.4. The van der Waals surface area contributed by atoms with E-state index in [0.717, 1.165) is 55.5 Å². The van der Waals surface area contributed by atoms with Crippen molar-refractivity contribution < 1.29 is 14.3 Å². The van der Waals surface area contributed by atoms with E-state index in [-0.39, 0.29) is 23.7 Å². The predicted octanol–water partition coefficient (Wildman–Crippen LogP) is 3.27. The molecule has 2 amide bonds. The van der Waals surface area contributed by atoms with Crippen LogP contribution in [0.15, 0.2) is 18.2 Å². The van der Waals surface area contributed by atoms with Gasteiger partial charge in [0.2, 0.25) is 11.8 Å². The highest BCUT2D eigenvalue weighted by molar-refractivity contribution is 5.93. The molecule has 2 fully saturated rings. The van der Waals surface area contributed by atoms with Crippen molar-refractivity contribution in [3.63, 3.8) is 0 Å². The minimum absolute atomic E-state index is 0.117. The van der Waals surface area contributed by atoms with Gasteiger partial charge in [0, 0.05) is 57.5 Å². The zero-order valence-corrected chi connectivity index (χ0v) is 17.4. The molecule has 1 N–H and O–H groups in total. The summed E-state index contributed by atoms with van der Waals surface area (Å²) in [6.07, 6.45) is 6.21. The van der Waals surface area contributed by atoms with Crippen LogP contribution in [-0.2, 0) is 20.9 Å². The second-order valence-corrected chi connectivity index (χ2v) is 8.24. The molecule has 6 nitrogen and oxygen atoms in total. The second-order valence-electron chi connectivity index (χ2n) is 8.24. The van der Waals surface area contributed by atoms with Gasteiger partial charge in [0.15, 0.2) is 0 Å². The highest BCUT2D eigenvalue weighted by Crippen LogP contribution is 2.33. The summed E-state index contributed by atoms with van der Waals surface area (Å²) < 4.78 is 5.21. The number of amides is 2. The second kappa shape index (κ2) is 9.41. The van der Waals surface area contributed by atoms with Crippen LogP contribution < -0.4 is 10.2 Å². The van der Waals surface area contributed by atoms with E-state index in [4.69, 9.17) is 4.74 Å². The third-order valence-corrected chi connectivity index (χ3v) is 5.72. The lowest BCUT2D eigenvalue weighted by Gasteiger charge is -2.26. The van der Waals surface area contributed by atoms with Gasteiger partial charge in [-0.05, 0) is 49.4 Å². The number of nitrogens with one attached hydrogen (secondary N) is 1. The Balaban J connectivity index is 1.77. The van der Waals surface area contributed by atoms with Crippen LogP contribution in [0, 0.1) is 11.8 Å². The van der Waals surface area contributed by atoms with Gasteiger partial charge < -0.3 is 19.9 Å². The molecule has 6 heteroatoms. The van der Waals surface area contributed by atoms with Crippen molar-refractivity contribution in [1.29, 1.82) is 0 Å². The maximum Gasteiger partial charge on any atom is 0.227 e. The van der Waals surface area contributed by atoms with Crippen LogP contribution in [0.3, 0.4) is 0 Å². The molecule has 1 aromatic carbocycles. The first-order valence-electron chi connectivity index (χ1n) is 10.4. The molecule has 2 aliphatic rings. The van der Waals surface area contributed by atoms with Gasteiger partial charge >= 0.3 is 0 Å². The van der Waals surface area contributed by atoms with Crippen LogP contribution in [0.25, 0.3) is 0 Å². The number of carbonyl (C=O) groups is 2. The molecule has 0 unspecified atom stereocenters. The molecule has 0 saturated heterocycles. The number of benzene rings is 1. The summed E-state index contributed by atoms with van der Waals surface area (Å²) in [7, 11) is 5.65. The molecule has 3 rings (SSSR count). The van der Waals surface area contributed by atoms with Crippen molar-refractivity contribution in [2.24, 2.45) is 11.8 Å². The van der Waals surface area contributed by atoms with Crippen molar-refractivity contribution in [3.05, 3.63) is 23.8 Å². The molecule has 2 aliphatic carbocycles. The average molecular weight is 388 g/mol. The van der Waals surface area contributed by atoms with Crippen LogP contribution in [0.5, 0.6) is 0 Å². The lowest BCUT2D eigenvalue weighted by molar-refractivity contribution is -0.133. The number of ether oxygens (including phenoxy) is 1. The Morgan fingerprint density at radius 3 is 2.43 bits per heavy atom. The summed E-state index contributed by atoms with van der Waals surface area (Å²) in [6, 6.07) is 5.99. The number of carbonyl (C=O) groups excluding carboxylic acids is 2. The third-order valence-electron chi connectivity index (χ3n) is 5.72. The molecule has 0 radical (unpaired) electrons. The van der Waals surface area contributed by atoms with Crippen molar-refractivity contribution in [2.45, 2.75) is 45.1 Å². The van der Waals surface area contributed by atoms with Gasteiger partial charge in [-0.3, -0.25) is 9.59 Å². The van der Waals surface area contributed by atoms with Gasteiger partial charge in [0.25, 0.3) is 0 Å². The Hall–Kier alpha value is -2.08. The van der Waals surface area contributed by atoms with Crippen molar-refractivity contribution in [3.8, 4) is 0 Å². The van der Waals surface area contributed by atoms with Gasteiger partial charge in [-0.25, -0.2) is 0 Å². The van der Waals surface area contributed by atoms with E-state index in [1.165, 1.54) is 0 Å². The highest BCUT2D eigenvalue weighted by atomic mass is 16.5. The van der Waals surface area contributed by atoms with E-state index < -0.39 is 0 Å². The van der Waals surface area contributed by atoms with E-state index >= 15 is 0 Å². The van der Waals surface area contributed by atoms with Crippen LogP contribution in [0.4, 0.5) is 11.4 Å². The SMILES string of the molecule is COCCN(Cc1cc(NC(=O)C2CCCC2)ccc1N(C)C)C(=O)C1CC1. The van der Waals surface area contributed by atoms with E-state index in [2.05, 4.69) is 5.32 Å². The Labute approximate surface area is 168 Å². The Kier molecular flexibility index (Phi) is 6.94. The first-order valence-corrected chi connectivity index (χ1v) is 10.4. The fourth-order valence-corrected chi connectivity index (χ4v) is 3.92. The molecule has 0 heterocycles. The monoisotopic (exact) mass is 387 g/mol. The molecule has 28 heavy (non-hydrogen) atoms. The molecule has 2 saturated carbocycles. The van der Waals surface area contributed by atoms with Crippen molar-refractivity contribution >= 4 is 23.2 Å². The number of anilines is 2. The summed E-state index contributed by atoms with van der Waals surface area (Å²) >= 11 is 0. The quantitative estimate of drug-likeness (QED) is 0.706. The maximum atomic E-state index is 12.7. The van der Waals surface area contributed by atoms with Gasteiger partial charge in [-0.1, -0.05) is 12.8 Å². The largest absolute Gasteiger partial charge is 0.383 e. The zero-order chi connectivity index (χ0) is 20.1. The molecule has 154 valence electrons. The summed E-state index contributed by atoms with van der Waals surface area (Å²) in [4.78, 5) is 29.2. The van der Waals surface area contributed by atoms with Crippen LogP contribution in [0.2, 0.25) is 0 Å². The van der Waals surface area contributed by atoms with E-state index in [1.54, 1.807) is 7.11 Å². The number of methoxy groups -OCH3 is 1. The first-order chi connectivity index (χ1) is 13.5. The molecule has 0 spiro atoms. The van der Waals surface area contributed by atoms with E-state index in [9.17, 15) is 9.59 Å². The minimum atomic E-state index is 0.117. The lowest BCUT2D eigenvalue weighted by Crippen LogP contribution is -2.35. The number of hydrogen-bond acceptors (Lipinski definition) is 4. The standard InChI is InChI=1S/C22H33N3O3/c1-24(2)20-11-10-19(23-21(26)16-6-4-5-7-16)14-18(20)15-25(12-13-28-3)22(27)17-8-9-17/h10-11,14,16-17H,4-9,12-13,15H2,1-3H3,(H,23,26). The van der Waals surface area contributed by atoms with Gasteiger partial charge in [0.05, 0.1) is 6.61 Å². The van der Waals surface area contributed by atoms with Crippen LogP contribution >= 0.6 is 0 Å². The number of nitrogens with zero attached hydrogens (tertiary/aromatic N) is 2. The molecular formula is C22H33N3O3. The van der Waals surface area contributed by atoms with E-state index in [0.29, 0.717) is 19.7 Å². The summed E-state index contributed by atoms with van der Waals surface area (Å²) in [5, 5.41) is 3.09. The van der Waals surface area contributed by atoms with Crippen LogP contribution in [0.1, 0.15) is 44.1 Å². The molecule has 1 aromatic rings. The maximum absolute atomic E-state index is 12.7. The topological polar surface area (TPSA) is 61.9 Å². The molecular weight excluding hydrogens is 354 g/mol. The van der Waals surface area contributed by atoms with E-state index in [1.807, 2.05) is 42.1 Å². The summed E-state index contributed by atoms with van der Waals surface area (Å²) in [5.41, 5.74) is 2.91. The fraction of sp³-hybridized carbons (Fsp3) is 0.636. The Morgan fingerprint density at radius 1 is 1.11 bits per heavy atom. The summed E-state index contributed by atoms with van der Waals surface area (Å²) in [6.45, 7) is 1.63. The Bertz CT molecular complexity index is 694. The fourth-order valence-electron chi connectivity index (χ4n) is 3.92. The van der Waals surface area contributed by atoms with Crippen molar-refractivity contribution in [1.82, 2.24) is 4.90 Å². The normalized spacial score (nSPS) is 16.8. The number of rotatable bonds is 9.